The Hall–Kier alpha value is -5.76. The lowest BCUT2D eigenvalue weighted by Gasteiger charge is -2.34. The van der Waals surface area contributed by atoms with Crippen LogP contribution in [0, 0.1) is 5.92 Å². The third kappa shape index (κ3) is 7.83. The van der Waals surface area contributed by atoms with Gasteiger partial charge in [-0.15, -0.1) is 0 Å². The second kappa shape index (κ2) is 15.8. The Labute approximate surface area is 324 Å². The summed E-state index contributed by atoms with van der Waals surface area (Å²) in [5, 5.41) is 18.4. The van der Waals surface area contributed by atoms with Crippen LogP contribution in [-0.4, -0.2) is 84.4 Å². The van der Waals surface area contributed by atoms with Crippen molar-refractivity contribution in [1.82, 2.24) is 39.6 Å². The van der Waals surface area contributed by atoms with Gasteiger partial charge in [0.05, 0.1) is 29.6 Å². The fourth-order valence-electron chi connectivity index (χ4n) is 8.42. The number of H-pyrrole nitrogens is 1. The zero-order valence-electron chi connectivity index (χ0n) is 31.5. The van der Waals surface area contributed by atoms with Gasteiger partial charge >= 0.3 is 6.03 Å². The highest BCUT2D eigenvalue weighted by atomic mass is 16.5. The number of imide groups is 1. The topological polar surface area (TPSA) is 155 Å². The molecular formula is C42H48N10O4. The van der Waals surface area contributed by atoms with E-state index in [2.05, 4.69) is 64.8 Å². The maximum Gasteiger partial charge on any atom is 0.328 e. The van der Waals surface area contributed by atoms with Crippen LogP contribution in [0.25, 0.3) is 27.5 Å². The number of aromatic amines is 1. The number of ether oxygens (including phenoxy) is 1. The van der Waals surface area contributed by atoms with Crippen LogP contribution in [0.3, 0.4) is 0 Å². The summed E-state index contributed by atoms with van der Waals surface area (Å²) >= 11 is 0. The van der Waals surface area contributed by atoms with Crippen molar-refractivity contribution in [3.8, 4) is 5.75 Å². The Morgan fingerprint density at radius 2 is 1.77 bits per heavy atom. The van der Waals surface area contributed by atoms with Crippen LogP contribution in [0.2, 0.25) is 0 Å². The standard InChI is InChI=1S/C25H34N4O2.C17H14N6O2/c30-24-12-17-29(25(31)26-24)22-6-7-23-20(18-22)9-16-28(23)21-10-14-27(15-11-21)13-8-19-4-2-1-3-5-19;24-17(21-16-9-18-15-2-1-5-20-23(15)16)12-6-10-8-19-22-13(10)7-14(12)25-11-3-4-11/h6-7,9,16,18-19,21H,1-5,8,10-15,17H2,(H,26,30,31);1-2,5-9,11H,3-4H2,(H,19,22)(H,21,24). The third-order valence-electron chi connectivity index (χ3n) is 11.7. The van der Waals surface area contributed by atoms with E-state index in [0.29, 0.717) is 41.8 Å². The smallest absolute Gasteiger partial charge is 0.328 e. The number of fused-ring (bicyclic) bond motifs is 3. The van der Waals surface area contributed by atoms with Gasteiger partial charge < -0.3 is 19.5 Å². The number of anilines is 2. The molecule has 6 heterocycles. The minimum Gasteiger partial charge on any atom is -0.490 e. The van der Waals surface area contributed by atoms with Gasteiger partial charge in [-0.25, -0.2) is 9.78 Å². The molecule has 4 aliphatic rings. The highest BCUT2D eigenvalue weighted by Crippen LogP contribution is 2.34. The summed E-state index contributed by atoms with van der Waals surface area (Å²) in [6, 6.07) is 15.8. The summed E-state index contributed by atoms with van der Waals surface area (Å²) < 4.78 is 9.92. The van der Waals surface area contributed by atoms with E-state index in [4.69, 9.17) is 4.74 Å². The van der Waals surface area contributed by atoms with Crippen molar-refractivity contribution in [2.24, 2.45) is 5.92 Å². The van der Waals surface area contributed by atoms with E-state index in [1.165, 1.54) is 76.5 Å². The monoisotopic (exact) mass is 756 g/mol. The Morgan fingerprint density at radius 1 is 0.911 bits per heavy atom. The average molecular weight is 757 g/mol. The first-order chi connectivity index (χ1) is 27.4. The number of carbonyl (C=O) groups excluding carboxylic acids is 3. The Kier molecular flexibility index (Phi) is 10.1. The van der Waals surface area contributed by atoms with E-state index >= 15 is 0 Å². The van der Waals surface area contributed by atoms with Gasteiger partial charge in [0.2, 0.25) is 5.91 Å². The molecule has 0 radical (unpaired) electrons. The molecule has 4 aromatic heterocycles. The number of rotatable bonds is 9. The van der Waals surface area contributed by atoms with Crippen molar-refractivity contribution in [2.75, 3.05) is 36.4 Å². The maximum atomic E-state index is 12.9. The van der Waals surface area contributed by atoms with Crippen molar-refractivity contribution < 1.29 is 19.1 Å². The van der Waals surface area contributed by atoms with Gasteiger partial charge in [0.1, 0.15) is 5.75 Å². The first-order valence-electron chi connectivity index (χ1n) is 20.1. The zero-order valence-corrected chi connectivity index (χ0v) is 31.5. The molecule has 2 saturated heterocycles. The summed E-state index contributed by atoms with van der Waals surface area (Å²) in [6.45, 7) is 4.10. The first-order valence-corrected chi connectivity index (χ1v) is 20.1. The lowest BCUT2D eigenvalue weighted by Crippen LogP contribution is -2.49. The van der Waals surface area contributed by atoms with Crippen LogP contribution in [-0.2, 0) is 4.79 Å². The normalized spacial score (nSPS) is 18.6. The van der Waals surface area contributed by atoms with Crippen LogP contribution in [0.5, 0.6) is 5.75 Å². The SMILES string of the molecule is O=C(Nc1cnc2cccnn12)c1cc2cn[nH]c2cc1OC1CC1.O=C1CCN(c2ccc3c(ccn3C3CCN(CCC4CCCCC4)CC3)c2)C(=O)N1. The number of likely N-dealkylation sites (tertiary alicyclic amines) is 1. The van der Waals surface area contributed by atoms with Crippen LogP contribution in [0.15, 0.2) is 73.3 Å². The van der Waals surface area contributed by atoms with Crippen LogP contribution in [0.4, 0.5) is 16.3 Å². The molecular weight excluding hydrogens is 709 g/mol. The third-order valence-corrected chi connectivity index (χ3v) is 11.7. The first kappa shape index (κ1) is 35.9. The number of hydrogen-bond donors (Lipinski definition) is 3. The lowest BCUT2D eigenvalue weighted by atomic mass is 9.87. The highest BCUT2D eigenvalue weighted by molar-refractivity contribution is 6.08. The number of hydrogen-bond acceptors (Lipinski definition) is 8. The van der Waals surface area contributed by atoms with E-state index < -0.39 is 0 Å². The van der Waals surface area contributed by atoms with E-state index in [1.54, 1.807) is 40.1 Å². The van der Waals surface area contributed by atoms with E-state index in [0.717, 1.165) is 40.7 Å². The molecule has 56 heavy (non-hydrogen) atoms. The van der Waals surface area contributed by atoms with Crippen molar-refractivity contribution in [1.29, 1.82) is 0 Å². The summed E-state index contributed by atoms with van der Waals surface area (Å²) in [6.07, 6.45) is 20.7. The molecule has 14 heteroatoms. The van der Waals surface area contributed by atoms with Gasteiger partial charge in [0, 0.05) is 72.5 Å². The largest absolute Gasteiger partial charge is 0.490 e. The minimum atomic E-state index is -0.323. The molecule has 2 saturated carbocycles. The Morgan fingerprint density at radius 3 is 2.59 bits per heavy atom. The predicted octanol–water partition coefficient (Wildman–Crippen LogP) is 7.09. The summed E-state index contributed by atoms with van der Waals surface area (Å²) in [4.78, 5) is 45.0. The number of nitrogens with zero attached hydrogens (tertiary/aromatic N) is 7. The number of urea groups is 1. The molecule has 0 bridgehead atoms. The van der Waals surface area contributed by atoms with Gasteiger partial charge in [0.25, 0.3) is 5.91 Å². The number of piperidine rings is 1. The Balaban J connectivity index is 0.000000149. The molecule has 0 unspecified atom stereocenters. The fourth-order valence-corrected chi connectivity index (χ4v) is 8.42. The van der Waals surface area contributed by atoms with Crippen molar-refractivity contribution in [3.63, 3.8) is 0 Å². The molecule has 0 spiro atoms. The molecule has 4 fully saturated rings. The summed E-state index contributed by atoms with van der Waals surface area (Å²) in [7, 11) is 0. The van der Waals surface area contributed by atoms with Crippen molar-refractivity contribution in [3.05, 3.63) is 78.9 Å². The van der Waals surface area contributed by atoms with Crippen molar-refractivity contribution in [2.45, 2.75) is 82.8 Å². The fraction of sp³-hybridized carbons (Fsp3) is 0.429. The van der Waals surface area contributed by atoms with E-state index in [9.17, 15) is 14.4 Å². The Bertz CT molecular complexity index is 2360. The molecule has 10 rings (SSSR count). The lowest BCUT2D eigenvalue weighted by molar-refractivity contribution is -0.120. The van der Waals surface area contributed by atoms with E-state index in [1.807, 2.05) is 18.2 Å². The minimum absolute atomic E-state index is 0.185. The van der Waals surface area contributed by atoms with Crippen molar-refractivity contribution >= 4 is 56.8 Å². The molecule has 2 aliphatic heterocycles. The number of carbonyl (C=O) groups is 3. The number of amides is 4. The average Bonchev–Trinajstić information content (AvgIpc) is 3.55. The van der Waals surface area contributed by atoms with Gasteiger partial charge in [0.15, 0.2) is 11.5 Å². The molecule has 0 atom stereocenters. The quantitative estimate of drug-likeness (QED) is 0.141. The molecule has 6 aromatic rings. The highest BCUT2D eigenvalue weighted by Gasteiger charge is 2.28. The molecule has 2 aliphatic carbocycles. The van der Waals surface area contributed by atoms with E-state index in [-0.39, 0.29) is 23.9 Å². The number of aromatic nitrogens is 6. The molecule has 14 nitrogen and oxygen atoms in total. The van der Waals surface area contributed by atoms with Gasteiger partial charge in [-0.2, -0.15) is 14.7 Å². The van der Waals surface area contributed by atoms with Crippen LogP contribution < -0.4 is 20.3 Å². The number of nitrogens with one attached hydrogen (secondary N) is 3. The number of benzene rings is 2. The number of imidazole rings is 1. The second-order valence-electron chi connectivity index (χ2n) is 15.6. The summed E-state index contributed by atoms with van der Waals surface area (Å²) in [5.74, 6) is 1.56. The van der Waals surface area contributed by atoms with Crippen LogP contribution >= 0.6 is 0 Å². The molecule has 290 valence electrons. The molecule has 2 aromatic carbocycles. The van der Waals surface area contributed by atoms with Gasteiger partial charge in [-0.1, -0.05) is 32.1 Å². The summed E-state index contributed by atoms with van der Waals surface area (Å²) in [5.41, 5.74) is 4.05. The van der Waals surface area contributed by atoms with Gasteiger partial charge in [-0.3, -0.25) is 24.9 Å². The van der Waals surface area contributed by atoms with Gasteiger partial charge in [-0.05, 0) is 87.0 Å². The molecule has 3 N–H and O–H groups in total. The molecule has 4 amide bonds. The predicted molar refractivity (Wildman–Crippen MR) is 214 cm³/mol. The maximum absolute atomic E-state index is 12.9. The zero-order chi connectivity index (χ0) is 38.0. The van der Waals surface area contributed by atoms with Crippen LogP contribution in [0.1, 0.15) is 87.0 Å². The second-order valence-corrected chi connectivity index (χ2v) is 15.6.